The summed E-state index contributed by atoms with van der Waals surface area (Å²) in [4.78, 5) is 50.8. The summed E-state index contributed by atoms with van der Waals surface area (Å²) < 4.78 is 38.3. The quantitative estimate of drug-likeness (QED) is 0.0670. The Kier molecular flexibility index (Phi) is 89.3. The van der Waals surface area contributed by atoms with Gasteiger partial charge in [-0.2, -0.15) is 31.5 Å². The zero-order valence-electron chi connectivity index (χ0n) is 36.3. The van der Waals surface area contributed by atoms with E-state index in [9.17, 15) is 23.7 Å². The standard InChI is InChI=1S/C22H38B3N5O8P.2C5H7BO.CH4.2HP.2U.2V.2W.3Y/c1-39(35,37-16-17-4-5-18(25)38-17)36-11-3-2-7-27-19(31)15-30(22(34)13-24)10-8-28-20(32)14-29(9-6-26)21(33)12-23;2*1-4-2-3-5(6)7-4;;;;;;;;;;;;/h4,17-18H,2-3,5-16,26H2,1H3,(H,27,31)(H,28,32);2*2,4-5H,1,3H2;1H4;2*1H;;;;;;;;;/q-1;2*-2;;;;;;;;;;;;. The third-order valence-electron chi connectivity index (χ3n) is 7.46. The van der Waals surface area contributed by atoms with Crippen molar-refractivity contribution in [3.8, 4) is 0 Å². The molecule has 65 heavy (non-hydrogen) atoms. The van der Waals surface area contributed by atoms with Crippen molar-refractivity contribution in [1.29, 1.82) is 0 Å². The molecule has 7 unspecified atom stereocenters. The van der Waals surface area contributed by atoms with Crippen molar-refractivity contribution < 1.29 is 282 Å². The minimum Gasteiger partial charge on any atom is 0 e. The average Bonchev–Trinajstić information content (AvgIpc) is 3.92. The van der Waals surface area contributed by atoms with E-state index in [1.807, 2.05) is 19.3 Å². The first kappa shape index (κ1) is 94.2. The Morgan fingerprint density at radius 2 is 1.15 bits per heavy atom. The summed E-state index contributed by atoms with van der Waals surface area (Å²) in [6, 6.07) is -0.560. The largest absolute Gasteiger partial charge is 0 e. The van der Waals surface area contributed by atoms with Crippen LogP contribution < -0.4 is 16.4 Å². The van der Waals surface area contributed by atoms with E-state index in [1.54, 1.807) is 0 Å². The van der Waals surface area contributed by atoms with Gasteiger partial charge in [-0.1, -0.05) is 7.43 Å². The number of nitrogens with zero attached hydrogens (tertiary/aromatic N) is 2. The molecule has 349 valence electrons. The fourth-order valence-corrected chi connectivity index (χ4v) is 5.64. The molecule has 3 heterocycles. The molecule has 4 N–H and O–H groups in total. The molecule has 15 nitrogen and oxygen atoms in total. The Morgan fingerprint density at radius 3 is 1.49 bits per heavy atom. The van der Waals surface area contributed by atoms with E-state index in [1.165, 1.54) is 54.1 Å². The summed E-state index contributed by atoms with van der Waals surface area (Å²) in [7, 11) is 23.8. The van der Waals surface area contributed by atoms with Gasteiger partial charge in [0.15, 0.2) is 0 Å². The van der Waals surface area contributed by atoms with E-state index in [0.29, 0.717) is 25.8 Å². The molecule has 0 bridgehead atoms. The molecule has 15 radical (unpaired) electrons. The fourth-order valence-electron chi connectivity index (χ4n) is 4.69. The smallest absolute Gasteiger partial charge is 0 e. The number of amides is 4. The molecule has 3 fully saturated rings. The van der Waals surface area contributed by atoms with Gasteiger partial charge in [-0.25, -0.2) is 0 Å². The van der Waals surface area contributed by atoms with Gasteiger partial charge in [-0.15, -0.1) is 0 Å². The van der Waals surface area contributed by atoms with Crippen molar-refractivity contribution in [3.63, 3.8) is 0 Å². The Balaban J connectivity index is -0.000000122. The van der Waals surface area contributed by atoms with Crippen LogP contribution in [0.2, 0.25) is 12.6 Å². The maximum Gasteiger partial charge on any atom is 0 e. The van der Waals surface area contributed by atoms with Crippen LogP contribution in [0.3, 0.4) is 0 Å². The van der Waals surface area contributed by atoms with Gasteiger partial charge in [0.2, 0.25) is 23.6 Å². The van der Waals surface area contributed by atoms with E-state index in [2.05, 4.69) is 38.2 Å². The monoisotopic (exact) mass is 2040 g/mol. The van der Waals surface area contributed by atoms with Gasteiger partial charge in [0.25, 0.3) is 0 Å². The topological polar surface area (TPSA) is 188 Å². The van der Waals surface area contributed by atoms with Crippen LogP contribution in [0, 0.1) is 95.3 Å². The van der Waals surface area contributed by atoms with Crippen molar-refractivity contribution in [2.45, 2.75) is 88.5 Å². The van der Waals surface area contributed by atoms with Crippen LogP contribution in [0.15, 0.2) is 0 Å². The summed E-state index contributed by atoms with van der Waals surface area (Å²) >= 11 is 2.78. The maximum absolute atomic E-state index is 12.3. The first-order chi connectivity index (χ1) is 27.1. The summed E-state index contributed by atoms with van der Waals surface area (Å²) in [6.45, 7) is 15.3. The van der Waals surface area contributed by atoms with Crippen molar-refractivity contribution >= 4 is 84.2 Å². The minimum absolute atomic E-state index is 0. The Bertz CT molecular complexity index is 1200. The number of carbonyl (C=O) groups is 4. The summed E-state index contributed by atoms with van der Waals surface area (Å²) in [6.07, 6.45) is 8.33. The number of nitrogens with one attached hydrogen (secondary N) is 2. The van der Waals surface area contributed by atoms with Gasteiger partial charge in [0.05, 0.1) is 42.0 Å². The van der Waals surface area contributed by atoms with Gasteiger partial charge < -0.3 is 76.1 Å². The van der Waals surface area contributed by atoms with Crippen molar-refractivity contribution in [1.82, 2.24) is 20.4 Å². The zero-order chi connectivity index (χ0) is 43.8. The van der Waals surface area contributed by atoms with Crippen LogP contribution in [0.25, 0.3) is 0 Å². The molecule has 7 atom stereocenters. The molecule has 3 rings (SSSR count). The maximum atomic E-state index is 12.3. The van der Waals surface area contributed by atoms with E-state index in [4.69, 9.17) is 68.2 Å². The van der Waals surface area contributed by atoms with Crippen LogP contribution in [0.1, 0.15) is 39.5 Å². The van der Waals surface area contributed by atoms with Crippen molar-refractivity contribution in [2.24, 2.45) is 5.73 Å². The van der Waals surface area contributed by atoms with Gasteiger partial charge in [0.1, 0.15) is 23.5 Å². The van der Waals surface area contributed by atoms with Crippen LogP contribution in [-0.2, 0) is 220 Å². The first-order valence-electron chi connectivity index (χ1n) is 17.9. The van der Waals surface area contributed by atoms with E-state index >= 15 is 0 Å². The predicted octanol–water partition coefficient (Wildman–Crippen LogP) is 0.555. The first-order valence-corrected chi connectivity index (χ1v) is 29.6. The van der Waals surface area contributed by atoms with Crippen LogP contribution in [-0.4, -0.2) is 175 Å². The third kappa shape index (κ3) is 53.9. The second kappa shape index (κ2) is 61.6. The number of rotatable bonds is 20. The normalized spacial score (nSPS) is 20.1. The molecule has 4 amide bonds. The molecule has 3 saturated heterocycles. The van der Waals surface area contributed by atoms with Crippen LogP contribution >= 0.6 is 21.3 Å². The Morgan fingerprint density at radius 1 is 0.754 bits per heavy atom. The van der Waals surface area contributed by atoms with Crippen molar-refractivity contribution in [3.05, 3.63) is 33.1 Å². The fraction of sp³-hybridized carbons (Fsp3) is 0.727. The molecule has 3 aliphatic rings. The molecule has 0 aromatic rings. The second-order valence-corrected chi connectivity index (χ2v) is 14.2. The van der Waals surface area contributed by atoms with Gasteiger partial charge in [-0.05, 0) is 49.6 Å². The molecule has 0 aromatic heterocycles. The Labute approximate surface area is 569 Å². The third-order valence-corrected chi connectivity index (χ3v) is 8.73. The summed E-state index contributed by atoms with van der Waals surface area (Å²) in [5.74, 6) is -1.72. The second-order valence-electron chi connectivity index (χ2n) is 12.2. The van der Waals surface area contributed by atoms with Crippen molar-refractivity contribution in [2.75, 3.05) is 65.7 Å². The number of carbonyl (C=O) groups excluding carboxylic acids is 4. The van der Waals surface area contributed by atoms with Gasteiger partial charge >= 0.3 is 59.0 Å². The Hall–Kier alpha value is 6.76. The summed E-state index contributed by atoms with van der Waals surface area (Å²) in [5.41, 5.74) is 5.45. The summed E-state index contributed by atoms with van der Waals surface area (Å²) in [5, 5.41) is 5.29. The predicted molar refractivity (Wildman–Crippen MR) is 228 cm³/mol. The van der Waals surface area contributed by atoms with Crippen LogP contribution in [0.4, 0.5) is 0 Å². The number of nitrogens with two attached hydrogens (primary N) is 1. The number of ether oxygens (including phenoxy) is 3. The number of unbranched alkanes of at least 4 members (excludes halogenated alkanes) is 1. The molecule has 0 saturated carbocycles. The zero-order valence-corrected chi connectivity index (χ0v) is 64.7. The molecule has 0 spiro atoms. The molecular weight excluding hydrogens is 1990 g/mol. The SMILES string of the molecule is C.[B]C1C[CH-]C([CH2-])O1.[B]C1C[CH-]C([CH2-])O1.[B]CC(=O)N(CCN)CC(=O)NCCN(CC(=O)NCCCCOP(C)(=O)OCC1[CH-]CC([B])O1)C(=O)C[B].[PH]=[W].[PH]=[W].[U].[U].[V].[V].[Y].[Y].[Y]. The van der Waals surface area contributed by atoms with E-state index < -0.39 is 31.2 Å². The van der Waals surface area contributed by atoms with Crippen LogP contribution in [0.5, 0.6) is 0 Å². The molecule has 3 aliphatic heterocycles. The number of hydrogen-bond donors (Lipinski definition) is 3. The molecule has 0 aliphatic carbocycles. The molecule has 0 aromatic carbocycles. The molecule has 32 heteroatoms. The van der Waals surface area contributed by atoms with E-state index in [-0.39, 0.29) is 306 Å². The molecular formula is C33H58B5N5O10P3U2V2W2Y3-5. The number of hydrogen-bond acceptors (Lipinski definition) is 11. The van der Waals surface area contributed by atoms with Gasteiger partial charge in [-0.3, -0.25) is 30.2 Å². The van der Waals surface area contributed by atoms with Gasteiger partial charge in [0, 0.05) is 237 Å². The minimum atomic E-state index is -3.25. The van der Waals surface area contributed by atoms with E-state index in [0.717, 1.165) is 12.8 Å². The average molecular weight is 2040 g/mol.